The number of unbranched alkanes of at least 4 members (excludes halogenated alkanes) is 8. The van der Waals surface area contributed by atoms with E-state index in [0.29, 0.717) is 19.0 Å². The van der Waals surface area contributed by atoms with Gasteiger partial charge in [0.15, 0.2) is 5.82 Å². The Balaban J connectivity index is 0.00000456. The molecule has 1 N–H and O–H groups in total. The maximum atomic E-state index is 12.7. The Hall–Kier alpha value is -2.38. The standard InChI is InChI=1S/C28H36F3N3O.ClH/c1-2-3-4-5-6-7-8-9-10-11-26-33-27(35-34-26)24-16-12-22(13-17-24)20-32-21-23-14-18-25(19-15-23)28(29,30)31;/h12-19,32H,2-11,20-21H2,1H3;1H. The summed E-state index contributed by atoms with van der Waals surface area (Å²) in [5.41, 5.74) is 2.12. The average Bonchev–Trinajstić information content (AvgIpc) is 3.32. The zero-order chi connectivity index (χ0) is 24.9. The van der Waals surface area contributed by atoms with E-state index in [0.717, 1.165) is 47.5 Å². The Labute approximate surface area is 218 Å². The fraction of sp³-hybridized carbons (Fsp3) is 0.500. The average molecular weight is 524 g/mol. The number of aryl methyl sites for hydroxylation is 1. The van der Waals surface area contributed by atoms with Crippen LogP contribution in [0.15, 0.2) is 53.1 Å². The van der Waals surface area contributed by atoms with Crippen molar-refractivity contribution in [3.8, 4) is 11.5 Å². The van der Waals surface area contributed by atoms with Crippen LogP contribution < -0.4 is 5.32 Å². The molecule has 0 saturated carbocycles. The van der Waals surface area contributed by atoms with Crippen LogP contribution in [0.1, 0.15) is 87.2 Å². The quantitative estimate of drug-likeness (QED) is 0.203. The summed E-state index contributed by atoms with van der Waals surface area (Å²) in [6, 6.07) is 13.1. The van der Waals surface area contributed by atoms with E-state index in [1.54, 1.807) is 0 Å². The summed E-state index contributed by atoms with van der Waals surface area (Å²) in [5, 5.41) is 7.38. The molecule has 0 spiro atoms. The summed E-state index contributed by atoms with van der Waals surface area (Å²) in [6.07, 6.45) is 8.10. The van der Waals surface area contributed by atoms with E-state index in [1.165, 1.54) is 63.5 Å². The predicted molar refractivity (Wildman–Crippen MR) is 140 cm³/mol. The van der Waals surface area contributed by atoms with E-state index in [9.17, 15) is 13.2 Å². The van der Waals surface area contributed by atoms with Crippen LogP contribution in [-0.2, 0) is 25.7 Å². The number of nitrogens with one attached hydrogen (secondary N) is 1. The molecule has 8 heteroatoms. The van der Waals surface area contributed by atoms with E-state index in [-0.39, 0.29) is 12.4 Å². The lowest BCUT2D eigenvalue weighted by atomic mass is 10.1. The van der Waals surface area contributed by atoms with Gasteiger partial charge in [-0.1, -0.05) is 87.7 Å². The molecule has 0 amide bonds. The molecule has 0 aliphatic heterocycles. The van der Waals surface area contributed by atoms with Gasteiger partial charge in [0.2, 0.25) is 0 Å². The third-order valence-electron chi connectivity index (χ3n) is 6.11. The Kier molecular flexibility index (Phi) is 13.0. The van der Waals surface area contributed by atoms with Gasteiger partial charge in [0.25, 0.3) is 5.89 Å². The molecule has 2 aromatic carbocycles. The van der Waals surface area contributed by atoms with E-state index < -0.39 is 11.7 Å². The third-order valence-corrected chi connectivity index (χ3v) is 6.11. The van der Waals surface area contributed by atoms with Crippen LogP contribution in [0.3, 0.4) is 0 Å². The zero-order valence-corrected chi connectivity index (χ0v) is 21.8. The first kappa shape index (κ1) is 29.8. The van der Waals surface area contributed by atoms with E-state index in [1.807, 2.05) is 24.3 Å². The molecule has 0 unspecified atom stereocenters. The molecule has 3 rings (SSSR count). The van der Waals surface area contributed by atoms with Gasteiger partial charge in [-0.25, -0.2) is 0 Å². The summed E-state index contributed by atoms with van der Waals surface area (Å²) >= 11 is 0. The number of hydrogen-bond donors (Lipinski definition) is 1. The summed E-state index contributed by atoms with van der Waals surface area (Å²) in [6.45, 7) is 3.34. The summed E-state index contributed by atoms with van der Waals surface area (Å²) in [4.78, 5) is 4.53. The fourth-order valence-corrected chi connectivity index (χ4v) is 3.99. The fourth-order valence-electron chi connectivity index (χ4n) is 3.99. The number of benzene rings is 2. The minimum absolute atomic E-state index is 0. The summed E-state index contributed by atoms with van der Waals surface area (Å²) in [5.74, 6) is 1.28. The van der Waals surface area contributed by atoms with Crippen molar-refractivity contribution < 1.29 is 17.7 Å². The first-order valence-corrected chi connectivity index (χ1v) is 12.7. The molecule has 0 aliphatic carbocycles. The van der Waals surface area contributed by atoms with Crippen molar-refractivity contribution in [3.05, 3.63) is 71.0 Å². The van der Waals surface area contributed by atoms with Crippen LogP contribution >= 0.6 is 12.4 Å². The minimum atomic E-state index is -4.31. The maximum absolute atomic E-state index is 12.7. The highest BCUT2D eigenvalue weighted by atomic mass is 35.5. The van der Waals surface area contributed by atoms with Crippen LogP contribution in [0, 0.1) is 0 Å². The van der Waals surface area contributed by atoms with Crippen molar-refractivity contribution in [1.29, 1.82) is 0 Å². The first-order valence-electron chi connectivity index (χ1n) is 12.7. The smallest absolute Gasteiger partial charge is 0.334 e. The molecule has 1 heterocycles. The Morgan fingerprint density at radius 3 is 1.83 bits per heavy atom. The highest BCUT2D eigenvalue weighted by molar-refractivity contribution is 5.85. The molecule has 0 radical (unpaired) electrons. The predicted octanol–water partition coefficient (Wildman–Crippen LogP) is 8.54. The molecular weight excluding hydrogens is 487 g/mol. The second kappa shape index (κ2) is 15.7. The second-order valence-electron chi connectivity index (χ2n) is 9.09. The molecule has 0 aliphatic rings. The largest absolute Gasteiger partial charge is 0.416 e. The van der Waals surface area contributed by atoms with E-state index in [2.05, 4.69) is 22.4 Å². The number of rotatable bonds is 15. The first-order chi connectivity index (χ1) is 17.0. The Morgan fingerprint density at radius 2 is 1.28 bits per heavy atom. The lowest BCUT2D eigenvalue weighted by molar-refractivity contribution is -0.137. The lowest BCUT2D eigenvalue weighted by Gasteiger charge is -2.09. The summed E-state index contributed by atoms with van der Waals surface area (Å²) in [7, 11) is 0. The molecule has 0 atom stereocenters. The van der Waals surface area contributed by atoms with E-state index >= 15 is 0 Å². The number of aromatic nitrogens is 2. The van der Waals surface area contributed by atoms with Crippen LogP contribution in [0.25, 0.3) is 11.5 Å². The van der Waals surface area contributed by atoms with Crippen molar-refractivity contribution >= 4 is 12.4 Å². The van der Waals surface area contributed by atoms with Gasteiger partial charge in [0.1, 0.15) is 0 Å². The Morgan fingerprint density at radius 1 is 0.750 bits per heavy atom. The minimum Gasteiger partial charge on any atom is -0.334 e. The van der Waals surface area contributed by atoms with Crippen molar-refractivity contribution in [1.82, 2.24) is 15.5 Å². The van der Waals surface area contributed by atoms with Gasteiger partial charge >= 0.3 is 6.18 Å². The number of hydrogen-bond acceptors (Lipinski definition) is 4. The molecule has 3 aromatic rings. The van der Waals surface area contributed by atoms with E-state index in [4.69, 9.17) is 4.52 Å². The van der Waals surface area contributed by atoms with Crippen molar-refractivity contribution in [3.63, 3.8) is 0 Å². The number of alkyl halides is 3. The number of halogens is 4. The molecule has 4 nitrogen and oxygen atoms in total. The monoisotopic (exact) mass is 523 g/mol. The second-order valence-corrected chi connectivity index (χ2v) is 9.09. The van der Waals surface area contributed by atoms with Crippen LogP contribution in [0.4, 0.5) is 13.2 Å². The molecular formula is C28H37ClF3N3O. The summed E-state index contributed by atoms with van der Waals surface area (Å²) < 4.78 is 43.4. The van der Waals surface area contributed by atoms with Gasteiger partial charge in [-0.2, -0.15) is 18.2 Å². The Bertz CT molecular complexity index is 989. The zero-order valence-electron chi connectivity index (χ0n) is 20.9. The molecule has 0 saturated heterocycles. The van der Waals surface area contributed by atoms with Gasteiger partial charge in [0, 0.05) is 25.1 Å². The van der Waals surface area contributed by atoms with Crippen LogP contribution in [0.5, 0.6) is 0 Å². The van der Waals surface area contributed by atoms with Crippen molar-refractivity contribution in [2.75, 3.05) is 0 Å². The molecule has 36 heavy (non-hydrogen) atoms. The SMILES string of the molecule is CCCCCCCCCCCc1noc(-c2ccc(CNCc3ccc(C(F)(F)F)cc3)cc2)n1.Cl. The van der Waals surface area contributed by atoms with Gasteiger partial charge in [0.05, 0.1) is 5.56 Å². The maximum Gasteiger partial charge on any atom is 0.416 e. The van der Waals surface area contributed by atoms with Crippen molar-refractivity contribution in [2.45, 2.75) is 90.4 Å². The van der Waals surface area contributed by atoms with Gasteiger partial charge in [-0.3, -0.25) is 0 Å². The topological polar surface area (TPSA) is 51.0 Å². The van der Waals surface area contributed by atoms with Crippen LogP contribution in [-0.4, -0.2) is 10.1 Å². The van der Waals surface area contributed by atoms with Crippen LogP contribution in [0.2, 0.25) is 0 Å². The molecule has 198 valence electrons. The molecule has 1 aromatic heterocycles. The lowest BCUT2D eigenvalue weighted by Crippen LogP contribution is -2.13. The van der Waals surface area contributed by atoms with Gasteiger partial charge in [-0.05, 0) is 41.8 Å². The molecule has 0 fully saturated rings. The number of nitrogens with zero attached hydrogens (tertiary/aromatic N) is 2. The van der Waals surface area contributed by atoms with Crippen molar-refractivity contribution in [2.24, 2.45) is 0 Å². The van der Waals surface area contributed by atoms with Gasteiger partial charge < -0.3 is 9.84 Å². The third kappa shape index (κ3) is 10.3. The highest BCUT2D eigenvalue weighted by Gasteiger charge is 2.29. The van der Waals surface area contributed by atoms with Gasteiger partial charge in [-0.15, -0.1) is 12.4 Å². The normalized spacial score (nSPS) is 11.4. The molecule has 0 bridgehead atoms. The highest BCUT2D eigenvalue weighted by Crippen LogP contribution is 2.29.